The molecule has 21 heavy (non-hydrogen) atoms. The standard InChI is InChI=1S/C12H16ClN3O4S/c1-8-11(13)5-10(6-12(8)16(17)18)21(19,20)15-9-3-2-4-14-7-9/h5-6,9,14-15H,2-4,7H2,1H3/t9-/m1/s1. The van der Waals surface area contributed by atoms with Gasteiger partial charge in [0.25, 0.3) is 5.69 Å². The Hall–Kier alpha value is -1.22. The van der Waals surface area contributed by atoms with E-state index in [9.17, 15) is 18.5 Å². The molecule has 0 saturated carbocycles. The Labute approximate surface area is 127 Å². The summed E-state index contributed by atoms with van der Waals surface area (Å²) in [6.45, 7) is 2.89. The van der Waals surface area contributed by atoms with Gasteiger partial charge in [0, 0.05) is 24.2 Å². The molecule has 0 radical (unpaired) electrons. The van der Waals surface area contributed by atoms with Gasteiger partial charge in [0.05, 0.1) is 14.8 Å². The van der Waals surface area contributed by atoms with Crippen LogP contribution in [0.5, 0.6) is 0 Å². The molecule has 1 atom stereocenters. The smallest absolute Gasteiger partial charge is 0.275 e. The third-order valence-electron chi connectivity index (χ3n) is 3.42. The topological polar surface area (TPSA) is 101 Å². The van der Waals surface area contributed by atoms with E-state index in [-0.39, 0.29) is 27.2 Å². The second-order valence-corrected chi connectivity index (χ2v) is 7.09. The second kappa shape index (κ2) is 6.27. The van der Waals surface area contributed by atoms with Crippen LogP contribution in [0.1, 0.15) is 18.4 Å². The molecule has 2 rings (SSSR count). The molecule has 0 aliphatic carbocycles. The van der Waals surface area contributed by atoms with Crippen LogP contribution >= 0.6 is 11.6 Å². The maximum Gasteiger partial charge on any atom is 0.275 e. The number of piperidine rings is 1. The van der Waals surface area contributed by atoms with Crippen molar-refractivity contribution in [2.75, 3.05) is 13.1 Å². The highest BCUT2D eigenvalue weighted by molar-refractivity contribution is 7.89. The minimum absolute atomic E-state index is 0.0614. The average Bonchev–Trinajstić information content (AvgIpc) is 2.41. The molecular weight excluding hydrogens is 318 g/mol. The van der Waals surface area contributed by atoms with Gasteiger partial charge in [0.2, 0.25) is 10.0 Å². The molecule has 1 saturated heterocycles. The Morgan fingerprint density at radius 1 is 1.48 bits per heavy atom. The molecule has 0 unspecified atom stereocenters. The number of halogens is 1. The van der Waals surface area contributed by atoms with Crippen LogP contribution in [0.25, 0.3) is 0 Å². The predicted octanol–water partition coefficient (Wildman–Crippen LogP) is 1.59. The minimum Gasteiger partial charge on any atom is -0.315 e. The van der Waals surface area contributed by atoms with E-state index in [1.807, 2.05) is 0 Å². The Bertz CT molecular complexity index is 657. The van der Waals surface area contributed by atoms with E-state index in [0.717, 1.165) is 25.5 Å². The highest BCUT2D eigenvalue weighted by Gasteiger charge is 2.25. The van der Waals surface area contributed by atoms with E-state index in [4.69, 9.17) is 11.6 Å². The largest absolute Gasteiger partial charge is 0.315 e. The number of hydrogen-bond donors (Lipinski definition) is 2. The van der Waals surface area contributed by atoms with Gasteiger partial charge in [0.15, 0.2) is 0 Å². The SMILES string of the molecule is Cc1c(Cl)cc(S(=O)(=O)N[C@@H]2CCCNC2)cc1[N+](=O)[O-]. The van der Waals surface area contributed by atoms with Gasteiger partial charge < -0.3 is 5.32 Å². The molecular formula is C12H16ClN3O4S. The number of nitro groups is 1. The van der Waals surface area contributed by atoms with Crippen molar-refractivity contribution in [2.45, 2.75) is 30.7 Å². The highest BCUT2D eigenvalue weighted by atomic mass is 35.5. The van der Waals surface area contributed by atoms with E-state index in [1.165, 1.54) is 13.0 Å². The van der Waals surface area contributed by atoms with Gasteiger partial charge in [-0.2, -0.15) is 0 Å². The maximum atomic E-state index is 12.3. The van der Waals surface area contributed by atoms with Crippen LogP contribution in [0.15, 0.2) is 17.0 Å². The van der Waals surface area contributed by atoms with Crippen molar-refractivity contribution in [3.05, 3.63) is 32.8 Å². The first-order valence-electron chi connectivity index (χ1n) is 6.49. The van der Waals surface area contributed by atoms with Crippen molar-refractivity contribution >= 4 is 27.3 Å². The van der Waals surface area contributed by atoms with Gasteiger partial charge in [-0.1, -0.05) is 11.6 Å². The summed E-state index contributed by atoms with van der Waals surface area (Å²) in [6, 6.07) is 2.06. The van der Waals surface area contributed by atoms with Crippen LogP contribution in [-0.2, 0) is 10.0 Å². The van der Waals surface area contributed by atoms with Gasteiger partial charge in [-0.05, 0) is 32.4 Å². The third-order valence-corrected chi connectivity index (χ3v) is 5.31. The minimum atomic E-state index is -3.83. The zero-order chi connectivity index (χ0) is 15.6. The fourth-order valence-corrected chi connectivity index (χ4v) is 3.82. The zero-order valence-corrected chi connectivity index (χ0v) is 13.0. The lowest BCUT2D eigenvalue weighted by Gasteiger charge is -2.23. The molecule has 1 aromatic carbocycles. The summed E-state index contributed by atoms with van der Waals surface area (Å²) in [7, 11) is -3.83. The summed E-state index contributed by atoms with van der Waals surface area (Å²) in [4.78, 5) is 10.1. The van der Waals surface area contributed by atoms with Gasteiger partial charge in [-0.15, -0.1) is 0 Å². The molecule has 0 bridgehead atoms. The van der Waals surface area contributed by atoms with Crippen molar-refractivity contribution in [1.29, 1.82) is 0 Å². The average molecular weight is 334 g/mol. The van der Waals surface area contributed by atoms with E-state index >= 15 is 0 Å². The van der Waals surface area contributed by atoms with Crippen LogP contribution in [0.4, 0.5) is 5.69 Å². The van der Waals surface area contributed by atoms with Crippen molar-refractivity contribution < 1.29 is 13.3 Å². The number of hydrogen-bond acceptors (Lipinski definition) is 5. The molecule has 116 valence electrons. The molecule has 2 N–H and O–H groups in total. The molecule has 1 fully saturated rings. The first-order chi connectivity index (χ1) is 9.81. The Kier molecular flexibility index (Phi) is 4.82. The van der Waals surface area contributed by atoms with Crippen molar-refractivity contribution in [1.82, 2.24) is 10.0 Å². The molecule has 1 aromatic rings. The fourth-order valence-electron chi connectivity index (χ4n) is 2.22. The Morgan fingerprint density at radius 3 is 2.76 bits per heavy atom. The van der Waals surface area contributed by atoms with Crippen molar-refractivity contribution in [2.24, 2.45) is 0 Å². The first kappa shape index (κ1) is 16.2. The van der Waals surface area contributed by atoms with Crippen LogP contribution in [0.2, 0.25) is 5.02 Å². The summed E-state index contributed by atoms with van der Waals surface area (Å²) >= 11 is 5.90. The highest BCUT2D eigenvalue weighted by Crippen LogP contribution is 2.29. The lowest BCUT2D eigenvalue weighted by Crippen LogP contribution is -2.45. The van der Waals surface area contributed by atoms with E-state index < -0.39 is 14.9 Å². The molecule has 9 heteroatoms. The molecule has 1 heterocycles. The van der Waals surface area contributed by atoms with Crippen LogP contribution in [0.3, 0.4) is 0 Å². The Morgan fingerprint density at radius 2 is 2.19 bits per heavy atom. The van der Waals surface area contributed by atoms with E-state index in [1.54, 1.807) is 0 Å². The molecule has 1 aliphatic rings. The molecule has 0 aromatic heterocycles. The number of nitro benzene ring substituents is 1. The van der Waals surface area contributed by atoms with E-state index in [2.05, 4.69) is 10.0 Å². The molecule has 0 spiro atoms. The number of benzene rings is 1. The lowest BCUT2D eigenvalue weighted by molar-refractivity contribution is -0.385. The first-order valence-corrected chi connectivity index (χ1v) is 8.35. The van der Waals surface area contributed by atoms with Gasteiger partial charge in [0.1, 0.15) is 0 Å². The fraction of sp³-hybridized carbons (Fsp3) is 0.500. The number of nitrogens with one attached hydrogen (secondary N) is 2. The summed E-state index contributed by atoms with van der Waals surface area (Å²) < 4.78 is 27.2. The monoisotopic (exact) mass is 333 g/mol. The van der Waals surface area contributed by atoms with Crippen LogP contribution < -0.4 is 10.0 Å². The van der Waals surface area contributed by atoms with Crippen molar-refractivity contribution in [3.8, 4) is 0 Å². The van der Waals surface area contributed by atoms with Gasteiger partial charge >= 0.3 is 0 Å². The summed E-state index contributed by atoms with van der Waals surface area (Å²) in [6.07, 6.45) is 1.61. The summed E-state index contributed by atoms with van der Waals surface area (Å²) in [5, 5.41) is 14.1. The lowest BCUT2D eigenvalue weighted by atomic mass is 10.1. The predicted molar refractivity (Wildman–Crippen MR) is 79.1 cm³/mol. The molecule has 1 aliphatic heterocycles. The quantitative estimate of drug-likeness (QED) is 0.643. The molecule has 7 nitrogen and oxygen atoms in total. The van der Waals surface area contributed by atoms with E-state index in [0.29, 0.717) is 6.54 Å². The number of sulfonamides is 1. The number of rotatable bonds is 4. The maximum absolute atomic E-state index is 12.3. The summed E-state index contributed by atoms with van der Waals surface area (Å²) in [5.41, 5.74) is -0.0513. The number of nitrogens with zero attached hydrogens (tertiary/aromatic N) is 1. The zero-order valence-electron chi connectivity index (χ0n) is 11.4. The normalized spacial score (nSPS) is 19.4. The third kappa shape index (κ3) is 3.70. The van der Waals surface area contributed by atoms with Gasteiger partial charge in [-0.3, -0.25) is 10.1 Å². The van der Waals surface area contributed by atoms with Crippen molar-refractivity contribution in [3.63, 3.8) is 0 Å². The second-order valence-electron chi connectivity index (χ2n) is 4.97. The van der Waals surface area contributed by atoms with Crippen LogP contribution in [-0.4, -0.2) is 32.5 Å². The van der Waals surface area contributed by atoms with Crippen LogP contribution in [0, 0.1) is 17.0 Å². The Balaban J connectivity index is 2.33. The summed E-state index contributed by atoms with van der Waals surface area (Å²) in [5.74, 6) is 0. The molecule has 0 amide bonds. The van der Waals surface area contributed by atoms with Gasteiger partial charge in [-0.25, -0.2) is 13.1 Å².